The SMILES string of the molecule is CCN(CC(C)C#N)c1cc2c(cc1Br)C(O)C(=O)N2. The second kappa shape index (κ2) is 5.81. The second-order valence-corrected chi connectivity index (χ2v) is 5.71. The molecule has 0 aromatic heterocycles. The van der Waals surface area contributed by atoms with Gasteiger partial charge in [-0.05, 0) is 41.9 Å². The van der Waals surface area contributed by atoms with Gasteiger partial charge in [-0.25, -0.2) is 0 Å². The van der Waals surface area contributed by atoms with E-state index >= 15 is 0 Å². The van der Waals surface area contributed by atoms with Gasteiger partial charge in [-0.2, -0.15) is 5.26 Å². The van der Waals surface area contributed by atoms with Gasteiger partial charge in [0.05, 0.1) is 17.7 Å². The number of anilines is 2. The summed E-state index contributed by atoms with van der Waals surface area (Å²) in [6, 6.07) is 5.81. The molecule has 0 saturated heterocycles. The largest absolute Gasteiger partial charge is 0.378 e. The van der Waals surface area contributed by atoms with Crippen LogP contribution < -0.4 is 10.2 Å². The van der Waals surface area contributed by atoms with Crippen LogP contribution in [-0.4, -0.2) is 24.1 Å². The third-order valence-corrected chi connectivity index (χ3v) is 3.99. The number of amides is 1. The monoisotopic (exact) mass is 337 g/mol. The van der Waals surface area contributed by atoms with Crippen LogP contribution in [0, 0.1) is 17.2 Å². The highest BCUT2D eigenvalue weighted by atomic mass is 79.9. The molecule has 0 radical (unpaired) electrons. The highest BCUT2D eigenvalue weighted by molar-refractivity contribution is 9.10. The first kappa shape index (κ1) is 14.8. The molecule has 0 bridgehead atoms. The molecular formula is C14H16BrN3O2. The molecule has 2 N–H and O–H groups in total. The Balaban J connectivity index is 2.36. The van der Waals surface area contributed by atoms with Gasteiger partial charge < -0.3 is 15.3 Å². The first-order valence-electron chi connectivity index (χ1n) is 6.44. The van der Waals surface area contributed by atoms with Crippen molar-refractivity contribution < 1.29 is 9.90 Å². The van der Waals surface area contributed by atoms with Crippen molar-refractivity contribution in [3.8, 4) is 6.07 Å². The summed E-state index contributed by atoms with van der Waals surface area (Å²) in [6.45, 7) is 5.24. The molecular weight excluding hydrogens is 322 g/mol. The molecule has 5 nitrogen and oxygen atoms in total. The van der Waals surface area contributed by atoms with Gasteiger partial charge >= 0.3 is 0 Å². The summed E-state index contributed by atoms with van der Waals surface area (Å²) in [7, 11) is 0. The van der Waals surface area contributed by atoms with Crippen molar-refractivity contribution in [2.75, 3.05) is 23.3 Å². The number of aliphatic hydroxyl groups is 1. The average molecular weight is 338 g/mol. The quantitative estimate of drug-likeness (QED) is 0.884. The molecule has 0 saturated carbocycles. The van der Waals surface area contributed by atoms with Crippen LogP contribution in [0.25, 0.3) is 0 Å². The maximum absolute atomic E-state index is 11.5. The van der Waals surface area contributed by atoms with E-state index in [2.05, 4.69) is 32.2 Å². The van der Waals surface area contributed by atoms with Crippen LogP contribution in [0.1, 0.15) is 25.5 Å². The van der Waals surface area contributed by atoms with Gasteiger partial charge in [-0.15, -0.1) is 0 Å². The topological polar surface area (TPSA) is 76.4 Å². The molecule has 20 heavy (non-hydrogen) atoms. The number of hydrogen-bond acceptors (Lipinski definition) is 4. The van der Waals surface area contributed by atoms with Crippen LogP contribution in [0.4, 0.5) is 11.4 Å². The van der Waals surface area contributed by atoms with Crippen LogP contribution in [0.5, 0.6) is 0 Å². The van der Waals surface area contributed by atoms with Gasteiger partial charge in [0.15, 0.2) is 6.10 Å². The lowest BCUT2D eigenvalue weighted by Gasteiger charge is -2.26. The first-order chi connectivity index (χ1) is 9.47. The zero-order valence-electron chi connectivity index (χ0n) is 11.4. The van der Waals surface area contributed by atoms with Crippen LogP contribution in [0.3, 0.4) is 0 Å². The zero-order chi connectivity index (χ0) is 14.9. The fourth-order valence-electron chi connectivity index (χ4n) is 2.27. The van der Waals surface area contributed by atoms with Crippen molar-refractivity contribution in [1.29, 1.82) is 5.26 Å². The molecule has 0 aliphatic carbocycles. The van der Waals surface area contributed by atoms with Gasteiger partial charge in [0.1, 0.15) is 0 Å². The molecule has 1 aromatic carbocycles. The predicted octanol–water partition coefficient (Wildman–Crippen LogP) is 2.42. The zero-order valence-corrected chi connectivity index (χ0v) is 12.9. The number of halogens is 1. The number of carbonyl (C=O) groups excluding carboxylic acids is 1. The number of benzene rings is 1. The van der Waals surface area contributed by atoms with E-state index in [-0.39, 0.29) is 5.92 Å². The molecule has 106 valence electrons. The van der Waals surface area contributed by atoms with Crippen molar-refractivity contribution in [1.82, 2.24) is 0 Å². The number of nitrogens with zero attached hydrogens (tertiary/aromatic N) is 2. The summed E-state index contributed by atoms with van der Waals surface area (Å²) in [4.78, 5) is 13.5. The second-order valence-electron chi connectivity index (χ2n) is 4.85. The summed E-state index contributed by atoms with van der Waals surface area (Å²) >= 11 is 3.48. The van der Waals surface area contributed by atoms with E-state index in [0.717, 1.165) is 16.7 Å². The van der Waals surface area contributed by atoms with E-state index in [9.17, 15) is 9.90 Å². The molecule has 1 aromatic rings. The van der Waals surface area contributed by atoms with Gasteiger partial charge in [0.2, 0.25) is 0 Å². The summed E-state index contributed by atoms with van der Waals surface area (Å²) in [6.07, 6.45) is -1.11. The Morgan fingerprint density at radius 3 is 2.90 bits per heavy atom. The van der Waals surface area contributed by atoms with Crippen molar-refractivity contribution in [2.24, 2.45) is 5.92 Å². The number of nitrogens with one attached hydrogen (secondary N) is 1. The lowest BCUT2D eigenvalue weighted by molar-refractivity contribution is -0.123. The third kappa shape index (κ3) is 2.65. The normalized spacial score (nSPS) is 18.1. The Labute approximate surface area is 126 Å². The maximum Gasteiger partial charge on any atom is 0.257 e. The third-order valence-electron chi connectivity index (χ3n) is 3.36. The highest BCUT2D eigenvalue weighted by Gasteiger charge is 2.30. The van der Waals surface area contributed by atoms with E-state index in [1.165, 1.54) is 0 Å². The van der Waals surface area contributed by atoms with E-state index in [1.807, 2.05) is 19.9 Å². The lowest BCUT2D eigenvalue weighted by atomic mass is 10.1. The summed E-state index contributed by atoms with van der Waals surface area (Å²) < 4.78 is 0.804. The number of fused-ring (bicyclic) bond motifs is 1. The van der Waals surface area contributed by atoms with E-state index in [4.69, 9.17) is 5.26 Å². The molecule has 2 rings (SSSR count). The lowest BCUT2D eigenvalue weighted by Crippen LogP contribution is -2.28. The van der Waals surface area contributed by atoms with Crippen molar-refractivity contribution in [3.05, 3.63) is 22.2 Å². The molecule has 2 unspecified atom stereocenters. The minimum atomic E-state index is -1.11. The molecule has 1 heterocycles. The van der Waals surface area contributed by atoms with E-state index in [0.29, 0.717) is 17.8 Å². The standard InChI is InChI=1S/C14H16BrN3O2/c1-3-18(7-8(2)6-16)12-5-11-9(4-10(12)15)13(19)14(20)17-11/h4-5,8,13,19H,3,7H2,1-2H3,(H,17,20). The minimum Gasteiger partial charge on any atom is -0.378 e. The predicted molar refractivity (Wildman–Crippen MR) is 80.4 cm³/mol. The Morgan fingerprint density at radius 1 is 1.60 bits per heavy atom. The molecule has 1 aliphatic rings. The fraction of sp³-hybridized carbons (Fsp3) is 0.429. The number of nitriles is 1. The summed E-state index contributed by atoms with van der Waals surface area (Å²) in [5.74, 6) is -0.493. The highest BCUT2D eigenvalue weighted by Crippen LogP contribution is 2.39. The maximum atomic E-state index is 11.5. The molecule has 6 heteroatoms. The number of aliphatic hydroxyl groups excluding tert-OH is 1. The number of rotatable bonds is 4. The Morgan fingerprint density at radius 2 is 2.30 bits per heavy atom. The Hall–Kier alpha value is -1.58. The van der Waals surface area contributed by atoms with Crippen molar-refractivity contribution in [3.63, 3.8) is 0 Å². The van der Waals surface area contributed by atoms with Crippen molar-refractivity contribution in [2.45, 2.75) is 20.0 Å². The number of hydrogen-bond donors (Lipinski definition) is 2. The summed E-state index contributed by atoms with van der Waals surface area (Å²) in [5, 5.41) is 21.4. The van der Waals surface area contributed by atoms with Gasteiger partial charge in [0.25, 0.3) is 5.91 Å². The van der Waals surface area contributed by atoms with Gasteiger partial charge in [-0.1, -0.05) is 0 Å². The average Bonchev–Trinajstić information content (AvgIpc) is 2.70. The van der Waals surface area contributed by atoms with Crippen LogP contribution >= 0.6 is 15.9 Å². The molecule has 1 amide bonds. The van der Waals surface area contributed by atoms with Crippen LogP contribution in [-0.2, 0) is 4.79 Å². The van der Waals surface area contributed by atoms with Crippen LogP contribution in [0.2, 0.25) is 0 Å². The molecule has 0 fully saturated rings. The first-order valence-corrected chi connectivity index (χ1v) is 7.24. The van der Waals surface area contributed by atoms with Crippen LogP contribution in [0.15, 0.2) is 16.6 Å². The fourth-order valence-corrected chi connectivity index (χ4v) is 2.88. The van der Waals surface area contributed by atoms with Gasteiger partial charge in [-0.3, -0.25) is 4.79 Å². The smallest absolute Gasteiger partial charge is 0.257 e. The Bertz CT molecular complexity index is 583. The molecule has 2 atom stereocenters. The minimum absolute atomic E-state index is 0.0877. The van der Waals surface area contributed by atoms with Crippen molar-refractivity contribution >= 4 is 33.2 Å². The van der Waals surface area contributed by atoms with Gasteiger partial charge in [0, 0.05) is 28.8 Å². The summed E-state index contributed by atoms with van der Waals surface area (Å²) in [5.41, 5.74) is 2.11. The molecule has 1 aliphatic heterocycles. The number of carbonyl (C=O) groups is 1. The Kier molecular flexibility index (Phi) is 4.31. The molecule has 0 spiro atoms. The van der Waals surface area contributed by atoms with E-state index < -0.39 is 12.0 Å². The van der Waals surface area contributed by atoms with E-state index in [1.54, 1.807) is 6.07 Å².